The van der Waals surface area contributed by atoms with Crippen LogP contribution in [0.3, 0.4) is 0 Å². The second kappa shape index (κ2) is 6.49. The SMILES string of the molecule is COc1cc(-c2sccc2OCN)cc(OC)c1OC. The average Bonchev–Trinajstić information content (AvgIpc) is 2.94. The van der Waals surface area contributed by atoms with Crippen LogP contribution in [0.5, 0.6) is 23.0 Å². The average molecular weight is 295 g/mol. The molecule has 2 N–H and O–H groups in total. The van der Waals surface area contributed by atoms with Crippen LogP contribution in [-0.4, -0.2) is 28.1 Å². The van der Waals surface area contributed by atoms with E-state index >= 15 is 0 Å². The lowest BCUT2D eigenvalue weighted by molar-refractivity contribution is 0.324. The Morgan fingerprint density at radius 3 is 2.15 bits per heavy atom. The van der Waals surface area contributed by atoms with Crippen molar-refractivity contribution >= 4 is 11.3 Å². The third-order valence-corrected chi connectivity index (χ3v) is 3.74. The minimum atomic E-state index is 0.133. The maximum absolute atomic E-state index is 5.44. The quantitative estimate of drug-likeness (QED) is 0.830. The zero-order chi connectivity index (χ0) is 14.5. The monoisotopic (exact) mass is 295 g/mol. The van der Waals surface area contributed by atoms with Gasteiger partial charge in [-0.1, -0.05) is 0 Å². The molecule has 0 saturated carbocycles. The van der Waals surface area contributed by atoms with Gasteiger partial charge in [-0.05, 0) is 23.6 Å². The van der Waals surface area contributed by atoms with Crippen LogP contribution in [0.15, 0.2) is 23.6 Å². The van der Waals surface area contributed by atoms with Crippen LogP contribution in [0, 0.1) is 0 Å². The molecule has 0 unspecified atom stereocenters. The molecule has 2 rings (SSSR count). The molecule has 1 aromatic carbocycles. The molecular formula is C14H17NO4S. The Hall–Kier alpha value is -1.92. The summed E-state index contributed by atoms with van der Waals surface area (Å²) in [6.07, 6.45) is 0. The number of rotatable bonds is 6. The van der Waals surface area contributed by atoms with Gasteiger partial charge in [0, 0.05) is 5.56 Å². The van der Waals surface area contributed by atoms with Crippen molar-refractivity contribution in [2.75, 3.05) is 28.1 Å². The molecule has 1 heterocycles. The first-order valence-electron chi connectivity index (χ1n) is 5.95. The van der Waals surface area contributed by atoms with Crippen LogP contribution >= 0.6 is 11.3 Å². The van der Waals surface area contributed by atoms with Gasteiger partial charge in [-0.2, -0.15) is 0 Å². The molecule has 0 bridgehead atoms. The standard InChI is InChI=1S/C14H17NO4S/c1-16-11-6-9(7-12(17-2)13(11)18-3)14-10(19-8-15)4-5-20-14/h4-7H,8,15H2,1-3H3. The number of benzene rings is 1. The van der Waals surface area contributed by atoms with Gasteiger partial charge in [-0.3, -0.25) is 5.73 Å². The van der Waals surface area contributed by atoms with E-state index in [1.807, 2.05) is 23.6 Å². The summed E-state index contributed by atoms with van der Waals surface area (Å²) in [6.45, 7) is 0.133. The summed E-state index contributed by atoms with van der Waals surface area (Å²) in [5.74, 6) is 2.52. The molecule has 108 valence electrons. The van der Waals surface area contributed by atoms with Crippen LogP contribution in [0.1, 0.15) is 0 Å². The fourth-order valence-electron chi connectivity index (χ4n) is 1.92. The Bertz CT molecular complexity index is 557. The van der Waals surface area contributed by atoms with Crippen molar-refractivity contribution in [2.24, 2.45) is 5.73 Å². The zero-order valence-electron chi connectivity index (χ0n) is 11.6. The summed E-state index contributed by atoms with van der Waals surface area (Å²) >= 11 is 1.56. The summed E-state index contributed by atoms with van der Waals surface area (Å²) in [4.78, 5) is 0.967. The van der Waals surface area contributed by atoms with Gasteiger partial charge in [0.1, 0.15) is 12.5 Å². The number of ether oxygens (including phenoxy) is 4. The molecule has 20 heavy (non-hydrogen) atoms. The second-order valence-corrected chi connectivity index (χ2v) is 4.76. The number of hydrogen-bond acceptors (Lipinski definition) is 6. The molecule has 0 radical (unpaired) electrons. The van der Waals surface area contributed by atoms with Gasteiger partial charge in [-0.25, -0.2) is 0 Å². The van der Waals surface area contributed by atoms with Gasteiger partial charge >= 0.3 is 0 Å². The van der Waals surface area contributed by atoms with E-state index in [0.29, 0.717) is 17.2 Å². The predicted octanol–water partition coefficient (Wildman–Crippen LogP) is 2.74. The molecule has 2 aromatic rings. The van der Waals surface area contributed by atoms with Crippen LogP contribution in [-0.2, 0) is 0 Å². The molecule has 0 aliphatic rings. The van der Waals surface area contributed by atoms with Crippen LogP contribution < -0.4 is 24.7 Å². The fraction of sp³-hybridized carbons (Fsp3) is 0.286. The van der Waals surface area contributed by atoms with E-state index in [1.54, 1.807) is 32.7 Å². The summed E-state index contributed by atoms with van der Waals surface area (Å²) in [6, 6.07) is 5.66. The highest BCUT2D eigenvalue weighted by atomic mass is 32.1. The number of hydrogen-bond donors (Lipinski definition) is 1. The first-order valence-corrected chi connectivity index (χ1v) is 6.83. The molecule has 0 amide bonds. The Kier molecular flexibility index (Phi) is 4.70. The van der Waals surface area contributed by atoms with E-state index < -0.39 is 0 Å². The van der Waals surface area contributed by atoms with Crippen molar-refractivity contribution in [3.05, 3.63) is 23.6 Å². The molecule has 5 nitrogen and oxygen atoms in total. The highest BCUT2D eigenvalue weighted by Gasteiger charge is 2.16. The maximum Gasteiger partial charge on any atom is 0.203 e. The molecule has 0 spiro atoms. The van der Waals surface area contributed by atoms with Gasteiger partial charge in [0.05, 0.1) is 26.2 Å². The van der Waals surface area contributed by atoms with Crippen LogP contribution in [0.2, 0.25) is 0 Å². The number of methoxy groups -OCH3 is 3. The van der Waals surface area contributed by atoms with E-state index in [2.05, 4.69) is 0 Å². The zero-order valence-corrected chi connectivity index (χ0v) is 12.5. The van der Waals surface area contributed by atoms with E-state index in [9.17, 15) is 0 Å². The first-order chi connectivity index (χ1) is 9.74. The van der Waals surface area contributed by atoms with E-state index in [0.717, 1.165) is 16.2 Å². The highest BCUT2D eigenvalue weighted by Crippen LogP contribution is 2.44. The molecule has 1 aromatic heterocycles. The van der Waals surface area contributed by atoms with Gasteiger partial charge in [0.25, 0.3) is 0 Å². The van der Waals surface area contributed by atoms with Crippen LogP contribution in [0.4, 0.5) is 0 Å². The Labute approximate surface area is 121 Å². The third-order valence-electron chi connectivity index (χ3n) is 2.79. The predicted molar refractivity (Wildman–Crippen MR) is 79.1 cm³/mol. The van der Waals surface area contributed by atoms with Crippen molar-refractivity contribution < 1.29 is 18.9 Å². The van der Waals surface area contributed by atoms with Gasteiger partial charge in [0.15, 0.2) is 11.5 Å². The summed E-state index contributed by atoms with van der Waals surface area (Å²) < 4.78 is 21.4. The van der Waals surface area contributed by atoms with Crippen molar-refractivity contribution in [1.29, 1.82) is 0 Å². The third kappa shape index (κ3) is 2.66. The summed E-state index contributed by atoms with van der Waals surface area (Å²) in [7, 11) is 4.76. The van der Waals surface area contributed by atoms with Gasteiger partial charge < -0.3 is 18.9 Å². The minimum absolute atomic E-state index is 0.133. The van der Waals surface area contributed by atoms with E-state index in [1.165, 1.54) is 0 Å². The number of nitrogens with two attached hydrogens (primary N) is 1. The van der Waals surface area contributed by atoms with Gasteiger partial charge in [-0.15, -0.1) is 11.3 Å². The van der Waals surface area contributed by atoms with Crippen molar-refractivity contribution in [3.8, 4) is 33.4 Å². The van der Waals surface area contributed by atoms with Crippen LogP contribution in [0.25, 0.3) is 10.4 Å². The summed E-state index contributed by atoms with van der Waals surface area (Å²) in [5.41, 5.74) is 6.37. The lowest BCUT2D eigenvalue weighted by Crippen LogP contribution is -2.07. The first kappa shape index (κ1) is 14.5. The Morgan fingerprint density at radius 1 is 1.00 bits per heavy atom. The highest BCUT2D eigenvalue weighted by molar-refractivity contribution is 7.14. The fourth-order valence-corrected chi connectivity index (χ4v) is 2.75. The van der Waals surface area contributed by atoms with Crippen molar-refractivity contribution in [2.45, 2.75) is 0 Å². The van der Waals surface area contributed by atoms with E-state index in [4.69, 9.17) is 24.7 Å². The largest absolute Gasteiger partial charge is 0.493 e. The minimum Gasteiger partial charge on any atom is -0.493 e. The van der Waals surface area contributed by atoms with Crippen molar-refractivity contribution in [3.63, 3.8) is 0 Å². The Balaban J connectivity index is 2.54. The number of thiophene rings is 1. The van der Waals surface area contributed by atoms with E-state index in [-0.39, 0.29) is 6.73 Å². The maximum atomic E-state index is 5.44. The molecule has 0 fully saturated rings. The van der Waals surface area contributed by atoms with Crippen molar-refractivity contribution in [1.82, 2.24) is 0 Å². The lowest BCUT2D eigenvalue weighted by atomic mass is 10.1. The molecule has 0 aliphatic carbocycles. The Morgan fingerprint density at radius 2 is 1.65 bits per heavy atom. The molecular weight excluding hydrogens is 278 g/mol. The lowest BCUT2D eigenvalue weighted by Gasteiger charge is -2.14. The summed E-state index contributed by atoms with van der Waals surface area (Å²) in [5, 5.41) is 1.95. The normalized spacial score (nSPS) is 10.2. The molecule has 0 atom stereocenters. The molecule has 0 saturated heterocycles. The topological polar surface area (TPSA) is 62.9 Å². The molecule has 0 aliphatic heterocycles. The van der Waals surface area contributed by atoms with Gasteiger partial charge in [0.2, 0.25) is 5.75 Å². The smallest absolute Gasteiger partial charge is 0.203 e. The second-order valence-electron chi connectivity index (χ2n) is 3.84. The molecule has 6 heteroatoms.